The van der Waals surface area contributed by atoms with Crippen LogP contribution in [0.5, 0.6) is 0 Å². The Hall–Kier alpha value is -3.12. The summed E-state index contributed by atoms with van der Waals surface area (Å²) in [7, 11) is 1.24. The largest absolute Gasteiger partial charge is 0.464 e. The van der Waals surface area contributed by atoms with Crippen molar-refractivity contribution in [2.45, 2.75) is 30.3 Å². The summed E-state index contributed by atoms with van der Waals surface area (Å²) in [6.45, 7) is 3.66. The smallest absolute Gasteiger partial charge is 0.354 e. The van der Waals surface area contributed by atoms with Gasteiger partial charge in [-0.15, -0.1) is 15.1 Å². The Morgan fingerprint density at radius 2 is 2.06 bits per heavy atom. The number of rotatable bonds is 9. The fourth-order valence-electron chi connectivity index (χ4n) is 3.07. The molecule has 2 amide bonds. The first-order valence-corrected chi connectivity index (χ1v) is 11.4. The van der Waals surface area contributed by atoms with Gasteiger partial charge in [0.25, 0.3) is 11.8 Å². The molecule has 10 nitrogen and oxygen atoms in total. The zero-order chi connectivity index (χ0) is 23.3. The number of hydrogen-bond acceptors (Lipinski definition) is 10. The molecule has 0 aliphatic carbocycles. The first-order valence-electron chi connectivity index (χ1n) is 9.55. The molecule has 1 fully saturated rings. The summed E-state index contributed by atoms with van der Waals surface area (Å²) < 4.78 is 5.61. The normalized spacial score (nSPS) is 17.2. The summed E-state index contributed by atoms with van der Waals surface area (Å²) in [5.74, 6) is -1.38. The second kappa shape index (κ2) is 10.5. The lowest BCUT2D eigenvalue weighted by molar-refractivity contribution is -0.150. The molecule has 32 heavy (non-hydrogen) atoms. The van der Waals surface area contributed by atoms with E-state index in [1.807, 2.05) is 6.92 Å². The van der Waals surface area contributed by atoms with Crippen LogP contribution >= 0.6 is 23.1 Å². The Labute approximate surface area is 192 Å². The van der Waals surface area contributed by atoms with E-state index in [2.05, 4.69) is 20.7 Å². The highest BCUT2D eigenvalue weighted by atomic mass is 32.2. The van der Waals surface area contributed by atoms with Gasteiger partial charge in [-0.25, -0.2) is 4.79 Å². The molecule has 1 saturated heterocycles. The summed E-state index contributed by atoms with van der Waals surface area (Å²) in [5, 5.41) is 14.2. The number of esters is 1. The van der Waals surface area contributed by atoms with Crippen molar-refractivity contribution in [1.82, 2.24) is 20.4 Å². The number of methoxy groups -OCH3 is 1. The molecular formula is C20H21N5O5S2. The van der Waals surface area contributed by atoms with Gasteiger partial charge in [-0.3, -0.25) is 9.59 Å². The van der Waals surface area contributed by atoms with Crippen molar-refractivity contribution in [3.8, 4) is 0 Å². The zero-order valence-electron chi connectivity index (χ0n) is 17.6. The van der Waals surface area contributed by atoms with Gasteiger partial charge in [0.05, 0.1) is 13.7 Å². The van der Waals surface area contributed by atoms with Crippen LogP contribution in [-0.4, -0.2) is 58.3 Å². The van der Waals surface area contributed by atoms with Crippen molar-refractivity contribution >= 4 is 40.9 Å². The molecule has 2 atom stereocenters. The fraction of sp³-hybridized carbons (Fsp3) is 0.350. The van der Waals surface area contributed by atoms with Gasteiger partial charge in [0, 0.05) is 5.75 Å². The molecule has 2 aromatic rings. The molecule has 2 unspecified atom stereocenters. The van der Waals surface area contributed by atoms with Crippen LogP contribution in [0, 0.1) is 11.8 Å². The van der Waals surface area contributed by atoms with Crippen molar-refractivity contribution in [1.29, 1.82) is 0 Å². The highest BCUT2D eigenvalue weighted by Gasteiger charge is 2.43. The van der Waals surface area contributed by atoms with Crippen LogP contribution in [0.15, 0.2) is 51.1 Å². The number of carbonyl (C=O) groups is 3. The van der Waals surface area contributed by atoms with Crippen LogP contribution < -0.4 is 5.32 Å². The van der Waals surface area contributed by atoms with Gasteiger partial charge in [0.1, 0.15) is 16.7 Å². The number of nitrogens with zero attached hydrogens (tertiary/aromatic N) is 4. The molecule has 0 saturated carbocycles. The quantitative estimate of drug-likeness (QED) is 0.192. The zero-order valence-corrected chi connectivity index (χ0v) is 19.2. The van der Waals surface area contributed by atoms with Crippen LogP contribution in [0.1, 0.15) is 23.5 Å². The number of benzene rings is 1. The van der Waals surface area contributed by atoms with Crippen LogP contribution in [0.25, 0.3) is 0 Å². The van der Waals surface area contributed by atoms with E-state index in [1.54, 1.807) is 37.3 Å². The number of hydrogen-bond donors (Lipinski definition) is 1. The second-order valence-electron chi connectivity index (χ2n) is 6.92. The maximum Gasteiger partial charge on any atom is 0.354 e. The summed E-state index contributed by atoms with van der Waals surface area (Å²) in [6.07, 6.45) is 0. The number of nitrogens with one attached hydrogen (secondary N) is 1. The molecule has 1 N–H and O–H groups in total. The van der Waals surface area contributed by atoms with Crippen molar-refractivity contribution in [3.63, 3.8) is 0 Å². The number of thioether (sulfide) groups is 1. The summed E-state index contributed by atoms with van der Waals surface area (Å²) in [5.41, 5.74) is 1.19. The average Bonchev–Trinajstić information content (AvgIpc) is 3.22. The van der Waals surface area contributed by atoms with E-state index in [9.17, 15) is 19.3 Å². The van der Waals surface area contributed by atoms with E-state index in [-0.39, 0.29) is 12.2 Å². The van der Waals surface area contributed by atoms with Crippen LogP contribution in [0.2, 0.25) is 0 Å². The highest BCUT2D eigenvalue weighted by Crippen LogP contribution is 2.28. The molecule has 0 bridgehead atoms. The number of aromatic nitrogens is 2. The number of ether oxygens (including phenoxy) is 1. The molecule has 2 heterocycles. The van der Waals surface area contributed by atoms with Crippen molar-refractivity contribution in [2.24, 2.45) is 5.18 Å². The molecule has 168 valence electrons. The van der Waals surface area contributed by atoms with Gasteiger partial charge in [0.2, 0.25) is 0 Å². The molecular weight excluding hydrogens is 454 g/mol. The minimum atomic E-state index is -1.26. The first-order chi connectivity index (χ1) is 15.3. The number of carbonyl (C=O) groups excluding carboxylic acids is 3. The second-order valence-corrected chi connectivity index (χ2v) is 9.33. The Morgan fingerprint density at radius 1 is 1.34 bits per heavy atom. The van der Waals surface area contributed by atoms with Crippen molar-refractivity contribution in [3.05, 3.63) is 57.1 Å². The van der Waals surface area contributed by atoms with Gasteiger partial charge in [-0.1, -0.05) is 58.6 Å². The SMILES string of the molecule is COC(=O)C(=C(C)CSc1nnc(C)s1)N1CC(NC(=O)C(N=O)c2ccccc2)C1=O. The van der Waals surface area contributed by atoms with E-state index in [4.69, 9.17) is 4.74 Å². The number of nitroso groups, excluding NO2 is 1. The minimum absolute atomic E-state index is 0.0787. The minimum Gasteiger partial charge on any atom is -0.464 e. The number of likely N-dealkylation sites (tertiary alicyclic amines) is 1. The van der Waals surface area contributed by atoms with Gasteiger partial charge in [-0.2, -0.15) is 0 Å². The summed E-state index contributed by atoms with van der Waals surface area (Å²) in [4.78, 5) is 50.1. The Bertz CT molecular complexity index is 1060. The lowest BCUT2D eigenvalue weighted by atomic mass is 10.0. The van der Waals surface area contributed by atoms with E-state index in [0.717, 1.165) is 9.35 Å². The maximum absolute atomic E-state index is 12.7. The lowest BCUT2D eigenvalue weighted by Crippen LogP contribution is -2.64. The molecule has 12 heteroatoms. The molecule has 1 aromatic carbocycles. The molecule has 3 rings (SSSR count). The first kappa shape index (κ1) is 23.5. The molecule has 1 aromatic heterocycles. The topological polar surface area (TPSA) is 131 Å². The van der Waals surface area contributed by atoms with E-state index >= 15 is 0 Å². The highest BCUT2D eigenvalue weighted by molar-refractivity contribution is 8.01. The van der Waals surface area contributed by atoms with Crippen LogP contribution in [-0.2, 0) is 19.1 Å². The van der Waals surface area contributed by atoms with E-state index in [0.29, 0.717) is 16.9 Å². The van der Waals surface area contributed by atoms with Crippen LogP contribution in [0.3, 0.4) is 0 Å². The predicted octanol–water partition coefficient (Wildman–Crippen LogP) is 2.22. The molecule has 0 radical (unpaired) electrons. The lowest BCUT2D eigenvalue weighted by Gasteiger charge is -2.39. The average molecular weight is 476 g/mol. The predicted molar refractivity (Wildman–Crippen MR) is 119 cm³/mol. The summed E-state index contributed by atoms with van der Waals surface area (Å²) in [6, 6.07) is 6.23. The molecule has 1 aliphatic heterocycles. The summed E-state index contributed by atoms with van der Waals surface area (Å²) >= 11 is 2.83. The Morgan fingerprint density at radius 3 is 2.62 bits per heavy atom. The standard InChI is InChI=1S/C20H21N5O5S2/c1-11(10-31-20-23-22-12(2)32-20)16(19(28)30-3)25-9-14(18(25)27)21-17(26)15(24-29)13-7-5-4-6-8-13/h4-8,14-15H,9-10H2,1-3H3,(H,21,26). The van der Waals surface area contributed by atoms with Gasteiger partial charge in [0.15, 0.2) is 10.4 Å². The van der Waals surface area contributed by atoms with Gasteiger partial charge >= 0.3 is 5.97 Å². The third-order valence-electron chi connectivity index (χ3n) is 4.69. The Balaban J connectivity index is 1.67. The number of amides is 2. The van der Waals surface area contributed by atoms with Crippen molar-refractivity contribution < 1.29 is 19.1 Å². The molecule has 1 aliphatic rings. The Kier molecular flexibility index (Phi) is 7.70. The van der Waals surface area contributed by atoms with Gasteiger partial charge in [-0.05, 0) is 25.0 Å². The number of aryl methyl sites for hydroxylation is 1. The third kappa shape index (κ3) is 5.19. The van der Waals surface area contributed by atoms with Crippen molar-refractivity contribution in [2.75, 3.05) is 19.4 Å². The maximum atomic E-state index is 12.7. The number of β-lactam (4-membered cyclic amide) rings is 1. The van der Waals surface area contributed by atoms with Gasteiger partial charge < -0.3 is 15.0 Å². The van der Waals surface area contributed by atoms with E-state index < -0.39 is 29.9 Å². The monoisotopic (exact) mass is 475 g/mol. The third-order valence-corrected chi connectivity index (χ3v) is 6.83. The molecule has 0 spiro atoms. The fourth-order valence-corrected chi connectivity index (χ4v) is 4.83. The van der Waals surface area contributed by atoms with E-state index in [1.165, 1.54) is 35.1 Å². The van der Waals surface area contributed by atoms with Crippen LogP contribution in [0.4, 0.5) is 0 Å².